The molecule has 0 aromatic heterocycles. The molecule has 9 heteroatoms. The molecular weight excluding hydrogens is 369 g/mol. The van der Waals surface area contributed by atoms with E-state index in [2.05, 4.69) is 10.2 Å². The van der Waals surface area contributed by atoms with Crippen molar-refractivity contribution in [1.82, 2.24) is 10.2 Å². The number of nitrogens with zero attached hydrogens (tertiary/aromatic N) is 1. The molecule has 0 spiro atoms. The van der Waals surface area contributed by atoms with Gasteiger partial charge >= 0.3 is 6.18 Å². The summed E-state index contributed by atoms with van der Waals surface area (Å²) in [6.45, 7) is 1.64. The molecule has 1 aromatic rings. The number of alkyl halides is 3. The van der Waals surface area contributed by atoms with E-state index >= 15 is 0 Å². The monoisotopic (exact) mass is 394 g/mol. The fraction of sp³-hybridized carbons (Fsp3) is 0.647. The van der Waals surface area contributed by atoms with Crippen molar-refractivity contribution in [3.05, 3.63) is 23.8 Å². The zero-order chi connectivity index (χ0) is 19.0. The molecule has 1 saturated heterocycles. The van der Waals surface area contributed by atoms with E-state index in [0.717, 1.165) is 24.6 Å². The van der Waals surface area contributed by atoms with Gasteiger partial charge in [-0.1, -0.05) is 6.07 Å². The number of benzene rings is 1. The third-order valence-corrected chi connectivity index (χ3v) is 4.83. The van der Waals surface area contributed by atoms with Crippen LogP contribution in [0.5, 0.6) is 11.5 Å². The minimum atomic E-state index is -4.24. The minimum absolute atomic E-state index is 0.0751. The number of aliphatic hydroxyl groups excluding tert-OH is 1. The van der Waals surface area contributed by atoms with E-state index in [4.69, 9.17) is 9.47 Å². The smallest absolute Gasteiger partial charge is 0.401 e. The largest absolute Gasteiger partial charge is 0.493 e. The molecule has 1 heterocycles. The van der Waals surface area contributed by atoms with Crippen LogP contribution < -0.4 is 14.8 Å². The van der Waals surface area contributed by atoms with Crippen molar-refractivity contribution in [3.63, 3.8) is 0 Å². The number of halogens is 3. The Bertz CT molecular complexity index is 555. The SMILES string of the molecule is COc1cc(CNCC(F)(F)F)ccc1OCC(O)CN1CCSCC1. The molecule has 0 amide bonds. The Morgan fingerprint density at radius 3 is 2.65 bits per heavy atom. The molecular formula is C17H25F3N2O3S. The number of β-amino-alcohol motifs (C(OH)–C–C–N with tert-alkyl or cyclic N) is 1. The van der Waals surface area contributed by atoms with E-state index in [0.29, 0.717) is 23.6 Å². The number of rotatable bonds is 9. The van der Waals surface area contributed by atoms with Crippen molar-refractivity contribution >= 4 is 11.8 Å². The van der Waals surface area contributed by atoms with Gasteiger partial charge in [0.1, 0.15) is 12.7 Å². The zero-order valence-corrected chi connectivity index (χ0v) is 15.5. The van der Waals surface area contributed by atoms with Crippen LogP contribution in [0.3, 0.4) is 0 Å². The third-order valence-electron chi connectivity index (χ3n) is 3.89. The van der Waals surface area contributed by atoms with Crippen LogP contribution in [0.1, 0.15) is 5.56 Å². The van der Waals surface area contributed by atoms with Crippen molar-refractivity contribution in [2.75, 3.05) is 51.4 Å². The van der Waals surface area contributed by atoms with Gasteiger partial charge in [0.25, 0.3) is 0 Å². The summed E-state index contributed by atoms with van der Waals surface area (Å²) in [4.78, 5) is 2.21. The lowest BCUT2D eigenvalue weighted by Gasteiger charge is -2.28. The molecule has 0 saturated carbocycles. The maximum atomic E-state index is 12.2. The first-order valence-electron chi connectivity index (χ1n) is 8.43. The van der Waals surface area contributed by atoms with Crippen molar-refractivity contribution < 1.29 is 27.8 Å². The Hall–Kier alpha value is -1.16. The maximum Gasteiger partial charge on any atom is 0.401 e. The number of hydrogen-bond donors (Lipinski definition) is 2. The van der Waals surface area contributed by atoms with Gasteiger partial charge in [-0.25, -0.2) is 0 Å². The van der Waals surface area contributed by atoms with Gasteiger partial charge in [0.2, 0.25) is 0 Å². The van der Waals surface area contributed by atoms with Gasteiger partial charge in [0, 0.05) is 37.7 Å². The summed E-state index contributed by atoms with van der Waals surface area (Å²) in [6.07, 6.45) is -4.85. The third kappa shape index (κ3) is 7.61. The lowest BCUT2D eigenvalue weighted by Crippen LogP contribution is -2.40. The first kappa shape index (κ1) is 21.1. The van der Waals surface area contributed by atoms with Crippen LogP contribution in [0.2, 0.25) is 0 Å². The average molecular weight is 394 g/mol. The molecule has 2 rings (SSSR count). The predicted octanol–water partition coefficient (Wildman–Crippen LogP) is 2.14. The highest BCUT2D eigenvalue weighted by molar-refractivity contribution is 7.99. The number of hydrogen-bond acceptors (Lipinski definition) is 6. The molecule has 1 aliphatic rings. The highest BCUT2D eigenvalue weighted by atomic mass is 32.2. The van der Waals surface area contributed by atoms with E-state index in [1.54, 1.807) is 18.2 Å². The van der Waals surface area contributed by atoms with Gasteiger partial charge in [-0.3, -0.25) is 4.90 Å². The molecule has 0 aliphatic carbocycles. The van der Waals surface area contributed by atoms with Crippen LogP contribution in [-0.4, -0.2) is 73.7 Å². The van der Waals surface area contributed by atoms with E-state index < -0.39 is 18.8 Å². The first-order valence-corrected chi connectivity index (χ1v) is 9.58. The molecule has 26 heavy (non-hydrogen) atoms. The van der Waals surface area contributed by atoms with Gasteiger partial charge in [-0.05, 0) is 17.7 Å². The van der Waals surface area contributed by atoms with Crippen LogP contribution in [0.25, 0.3) is 0 Å². The molecule has 148 valence electrons. The molecule has 2 N–H and O–H groups in total. The summed E-state index contributed by atoms with van der Waals surface area (Å²) in [7, 11) is 1.47. The number of thioether (sulfide) groups is 1. The summed E-state index contributed by atoms with van der Waals surface area (Å²) in [6, 6.07) is 4.95. The summed E-state index contributed by atoms with van der Waals surface area (Å²) in [5, 5.41) is 12.5. The fourth-order valence-corrected chi connectivity index (χ4v) is 3.59. The minimum Gasteiger partial charge on any atom is -0.493 e. The lowest BCUT2D eigenvalue weighted by atomic mass is 10.2. The van der Waals surface area contributed by atoms with Gasteiger partial charge in [-0.2, -0.15) is 24.9 Å². The van der Waals surface area contributed by atoms with E-state index in [1.807, 2.05) is 11.8 Å². The van der Waals surface area contributed by atoms with Crippen LogP contribution in [0.4, 0.5) is 13.2 Å². The van der Waals surface area contributed by atoms with E-state index in [-0.39, 0.29) is 13.2 Å². The van der Waals surface area contributed by atoms with Gasteiger partial charge in [0.15, 0.2) is 11.5 Å². The molecule has 1 atom stereocenters. The number of methoxy groups -OCH3 is 1. The summed E-state index contributed by atoms with van der Waals surface area (Å²) < 4.78 is 47.4. The van der Waals surface area contributed by atoms with Crippen molar-refractivity contribution in [2.24, 2.45) is 0 Å². The standard InChI is InChI=1S/C17H25F3N2O3S/c1-24-16-8-13(9-21-12-17(18,19)20)2-3-15(16)25-11-14(23)10-22-4-6-26-7-5-22/h2-3,8,14,21,23H,4-7,9-12H2,1H3. The second kappa shape index (κ2) is 10.2. The Kier molecular flexibility index (Phi) is 8.33. The lowest BCUT2D eigenvalue weighted by molar-refractivity contribution is -0.125. The topological polar surface area (TPSA) is 54.0 Å². The normalized spacial score (nSPS) is 17.1. The molecule has 0 bridgehead atoms. The van der Waals surface area contributed by atoms with Crippen molar-refractivity contribution in [3.8, 4) is 11.5 Å². The van der Waals surface area contributed by atoms with E-state index in [1.165, 1.54) is 7.11 Å². The molecule has 5 nitrogen and oxygen atoms in total. The molecule has 1 aliphatic heterocycles. The Balaban J connectivity index is 1.82. The summed E-state index contributed by atoms with van der Waals surface area (Å²) in [5.74, 6) is 3.04. The van der Waals surface area contributed by atoms with Crippen LogP contribution in [0.15, 0.2) is 18.2 Å². The highest BCUT2D eigenvalue weighted by Crippen LogP contribution is 2.28. The summed E-state index contributed by atoms with van der Waals surface area (Å²) >= 11 is 1.91. The first-order chi connectivity index (χ1) is 12.4. The Morgan fingerprint density at radius 1 is 1.27 bits per heavy atom. The summed E-state index contributed by atoms with van der Waals surface area (Å²) in [5.41, 5.74) is 0.657. The number of ether oxygens (including phenoxy) is 2. The average Bonchev–Trinajstić information content (AvgIpc) is 2.60. The second-order valence-electron chi connectivity index (χ2n) is 6.08. The molecule has 1 aromatic carbocycles. The highest BCUT2D eigenvalue weighted by Gasteiger charge is 2.26. The van der Waals surface area contributed by atoms with Gasteiger partial charge < -0.3 is 19.9 Å². The molecule has 1 fully saturated rings. The van der Waals surface area contributed by atoms with Crippen LogP contribution in [-0.2, 0) is 6.54 Å². The molecule has 0 radical (unpaired) electrons. The maximum absolute atomic E-state index is 12.2. The number of aliphatic hydroxyl groups is 1. The zero-order valence-electron chi connectivity index (χ0n) is 14.7. The number of nitrogens with one attached hydrogen (secondary N) is 1. The van der Waals surface area contributed by atoms with Crippen molar-refractivity contribution in [1.29, 1.82) is 0 Å². The van der Waals surface area contributed by atoms with E-state index in [9.17, 15) is 18.3 Å². The Morgan fingerprint density at radius 2 is 2.00 bits per heavy atom. The van der Waals surface area contributed by atoms with Crippen LogP contribution >= 0.6 is 11.8 Å². The van der Waals surface area contributed by atoms with Crippen LogP contribution in [0, 0.1) is 0 Å². The van der Waals surface area contributed by atoms with Crippen molar-refractivity contribution in [2.45, 2.75) is 18.8 Å². The fourth-order valence-electron chi connectivity index (χ4n) is 2.61. The predicted molar refractivity (Wildman–Crippen MR) is 96.0 cm³/mol. The molecule has 1 unspecified atom stereocenters. The van der Waals surface area contributed by atoms with Gasteiger partial charge in [0.05, 0.1) is 13.7 Å². The quantitative estimate of drug-likeness (QED) is 0.669. The van der Waals surface area contributed by atoms with Gasteiger partial charge in [-0.15, -0.1) is 0 Å². The second-order valence-corrected chi connectivity index (χ2v) is 7.31. The Labute approximate surface area is 155 Å².